The minimum Gasteiger partial charge on any atom is -0.360 e. The minimum absolute atomic E-state index is 0.0969. The van der Waals surface area contributed by atoms with Gasteiger partial charge in [0.1, 0.15) is 17.3 Å². The van der Waals surface area contributed by atoms with Crippen molar-refractivity contribution in [3.8, 4) is 12.3 Å². The Morgan fingerprint density at radius 2 is 2.07 bits per heavy atom. The molecule has 11 heteroatoms. The van der Waals surface area contributed by atoms with E-state index in [0.717, 1.165) is 15.8 Å². The van der Waals surface area contributed by atoms with E-state index < -0.39 is 33.2 Å². The Balaban J connectivity index is 1.78. The van der Waals surface area contributed by atoms with E-state index in [-0.39, 0.29) is 12.4 Å². The fraction of sp³-hybridized carbons (Fsp3) is 0.263. The van der Waals surface area contributed by atoms with Crippen LogP contribution in [0.1, 0.15) is 11.3 Å². The number of rotatable bonds is 6. The second kappa shape index (κ2) is 8.64. The molecule has 1 N–H and O–H groups in total. The number of benzene rings is 1. The van der Waals surface area contributed by atoms with E-state index >= 15 is 0 Å². The Labute approximate surface area is 176 Å². The first-order valence-electron chi connectivity index (χ1n) is 8.71. The van der Waals surface area contributed by atoms with Crippen LogP contribution in [0.5, 0.6) is 0 Å². The second-order valence-corrected chi connectivity index (χ2v) is 9.63. The molecule has 3 aromatic rings. The van der Waals surface area contributed by atoms with E-state index in [1.807, 2.05) is 25.1 Å². The van der Waals surface area contributed by atoms with Gasteiger partial charge in [-0.2, -0.15) is 4.99 Å². The van der Waals surface area contributed by atoms with Crippen LogP contribution in [0.4, 0.5) is 5.82 Å². The molecule has 2 heterocycles. The molecule has 2 amide bonds. The number of amides is 2. The number of hydrogen-bond donors (Lipinski definition) is 1. The Morgan fingerprint density at radius 3 is 2.73 bits per heavy atom. The fourth-order valence-corrected chi connectivity index (χ4v) is 4.85. The van der Waals surface area contributed by atoms with E-state index in [0.29, 0.717) is 10.6 Å². The zero-order valence-corrected chi connectivity index (χ0v) is 17.8. The highest BCUT2D eigenvalue weighted by molar-refractivity contribution is 7.92. The standard InChI is InChI=1S/C19H18N4O5S2/c1-4-7-23-14-6-5-12(2)8-15(14)29-19(23)21-18(25)11-30(26,27)10-17(24)20-16-9-13(3)28-22-16/h1,5-6,8-9H,7,10-11H2,2-3H3,(H,20,22,24). The van der Waals surface area contributed by atoms with Crippen LogP contribution < -0.4 is 10.1 Å². The summed E-state index contributed by atoms with van der Waals surface area (Å²) < 4.78 is 31.8. The molecule has 0 aliphatic rings. The van der Waals surface area contributed by atoms with Crippen LogP contribution in [0, 0.1) is 26.2 Å². The van der Waals surface area contributed by atoms with Crippen molar-refractivity contribution in [1.82, 2.24) is 9.72 Å². The number of sulfone groups is 1. The number of terminal acetylenes is 1. The smallest absolute Gasteiger partial charge is 0.263 e. The number of aromatic nitrogens is 2. The highest BCUT2D eigenvalue weighted by Gasteiger charge is 2.22. The lowest BCUT2D eigenvalue weighted by Crippen LogP contribution is -2.28. The molecule has 0 spiro atoms. The van der Waals surface area contributed by atoms with Crippen molar-refractivity contribution >= 4 is 49.0 Å². The maximum absolute atomic E-state index is 12.3. The molecule has 9 nitrogen and oxygen atoms in total. The van der Waals surface area contributed by atoms with Crippen molar-refractivity contribution in [3.63, 3.8) is 0 Å². The average molecular weight is 447 g/mol. The largest absolute Gasteiger partial charge is 0.360 e. The van der Waals surface area contributed by atoms with Crippen molar-refractivity contribution < 1.29 is 22.5 Å². The normalized spacial score (nSPS) is 12.1. The van der Waals surface area contributed by atoms with Crippen molar-refractivity contribution in [2.75, 3.05) is 16.8 Å². The quantitative estimate of drug-likeness (QED) is 0.571. The van der Waals surface area contributed by atoms with Gasteiger partial charge in [-0.15, -0.1) is 6.42 Å². The van der Waals surface area contributed by atoms with Gasteiger partial charge in [-0.3, -0.25) is 9.59 Å². The topological polar surface area (TPSA) is 124 Å². The number of thiazole rings is 1. The van der Waals surface area contributed by atoms with Crippen molar-refractivity contribution in [2.45, 2.75) is 20.4 Å². The van der Waals surface area contributed by atoms with Crippen molar-refractivity contribution in [2.24, 2.45) is 4.99 Å². The van der Waals surface area contributed by atoms with Crippen molar-refractivity contribution in [3.05, 3.63) is 40.4 Å². The predicted molar refractivity (Wildman–Crippen MR) is 112 cm³/mol. The van der Waals surface area contributed by atoms with E-state index in [1.165, 1.54) is 17.4 Å². The van der Waals surface area contributed by atoms with Gasteiger partial charge in [-0.25, -0.2) is 8.42 Å². The summed E-state index contributed by atoms with van der Waals surface area (Å²) in [4.78, 5) is 28.5. The molecule has 0 aliphatic carbocycles. The van der Waals surface area contributed by atoms with Crippen LogP contribution in [0.2, 0.25) is 0 Å². The van der Waals surface area contributed by atoms with Gasteiger partial charge in [-0.1, -0.05) is 28.5 Å². The maximum atomic E-state index is 12.3. The molecule has 0 atom stereocenters. The van der Waals surface area contributed by atoms with Crippen LogP contribution >= 0.6 is 11.3 Å². The average Bonchev–Trinajstić information content (AvgIpc) is 3.17. The van der Waals surface area contributed by atoms with E-state index in [4.69, 9.17) is 10.9 Å². The number of fused-ring (bicyclic) bond motifs is 1. The molecular weight excluding hydrogens is 428 g/mol. The molecule has 0 fully saturated rings. The molecular formula is C19H18N4O5S2. The summed E-state index contributed by atoms with van der Waals surface area (Å²) in [5.74, 6) is -0.424. The van der Waals surface area contributed by atoms with Gasteiger partial charge in [-0.05, 0) is 31.5 Å². The maximum Gasteiger partial charge on any atom is 0.263 e. The third kappa shape index (κ3) is 5.22. The SMILES string of the molecule is C#CCn1c(=NC(=O)CS(=O)(=O)CC(=O)Nc2cc(C)on2)sc2cc(C)ccc21. The van der Waals surface area contributed by atoms with Gasteiger partial charge in [0.15, 0.2) is 20.5 Å². The van der Waals surface area contributed by atoms with Crippen LogP contribution in [-0.2, 0) is 26.0 Å². The van der Waals surface area contributed by atoms with E-state index in [9.17, 15) is 18.0 Å². The highest BCUT2D eigenvalue weighted by Crippen LogP contribution is 2.18. The number of nitrogens with zero attached hydrogens (tertiary/aromatic N) is 3. The molecule has 0 unspecified atom stereocenters. The summed E-state index contributed by atoms with van der Waals surface area (Å²) in [6, 6.07) is 7.16. The Hall–Kier alpha value is -3.23. The molecule has 1 aromatic carbocycles. The monoisotopic (exact) mass is 446 g/mol. The van der Waals surface area contributed by atoms with Gasteiger partial charge < -0.3 is 14.4 Å². The predicted octanol–water partition coefficient (Wildman–Crippen LogP) is 1.42. The second-order valence-electron chi connectivity index (χ2n) is 6.55. The van der Waals surface area contributed by atoms with Gasteiger partial charge >= 0.3 is 0 Å². The zero-order chi connectivity index (χ0) is 21.9. The molecule has 0 bridgehead atoms. The molecule has 30 heavy (non-hydrogen) atoms. The minimum atomic E-state index is -4.03. The highest BCUT2D eigenvalue weighted by atomic mass is 32.2. The lowest BCUT2D eigenvalue weighted by Gasteiger charge is -2.02. The molecule has 0 aliphatic heterocycles. The number of carbonyl (C=O) groups is 2. The lowest BCUT2D eigenvalue weighted by atomic mass is 10.2. The lowest BCUT2D eigenvalue weighted by molar-refractivity contribution is -0.115. The number of aryl methyl sites for hydroxylation is 2. The molecule has 0 radical (unpaired) electrons. The zero-order valence-electron chi connectivity index (χ0n) is 16.2. The van der Waals surface area contributed by atoms with Crippen molar-refractivity contribution in [1.29, 1.82) is 0 Å². The first kappa shape index (κ1) is 21.5. The van der Waals surface area contributed by atoms with Crippen LogP contribution in [0.15, 0.2) is 33.8 Å². The summed E-state index contributed by atoms with van der Waals surface area (Å²) in [6.45, 7) is 3.74. The van der Waals surface area contributed by atoms with Gasteiger partial charge in [0.05, 0.1) is 16.8 Å². The van der Waals surface area contributed by atoms with Crippen LogP contribution in [-0.4, -0.2) is 41.5 Å². The summed E-state index contributed by atoms with van der Waals surface area (Å²) in [5, 5.41) is 5.85. The number of nitrogens with one attached hydrogen (secondary N) is 1. The van der Waals surface area contributed by atoms with Gasteiger partial charge in [0.2, 0.25) is 5.91 Å². The molecule has 0 saturated carbocycles. The molecule has 3 rings (SSSR count). The van der Waals surface area contributed by atoms with E-state index in [1.54, 1.807) is 11.5 Å². The molecule has 2 aromatic heterocycles. The number of anilines is 1. The van der Waals surface area contributed by atoms with Crippen LogP contribution in [0.25, 0.3) is 10.2 Å². The first-order valence-corrected chi connectivity index (χ1v) is 11.4. The van der Waals surface area contributed by atoms with Gasteiger partial charge in [0.25, 0.3) is 5.91 Å². The van der Waals surface area contributed by atoms with Crippen LogP contribution in [0.3, 0.4) is 0 Å². The van der Waals surface area contributed by atoms with Gasteiger partial charge in [0, 0.05) is 6.07 Å². The van der Waals surface area contributed by atoms with E-state index in [2.05, 4.69) is 21.4 Å². The Morgan fingerprint density at radius 1 is 1.30 bits per heavy atom. The molecule has 156 valence electrons. The first-order chi connectivity index (χ1) is 14.2. The summed E-state index contributed by atoms with van der Waals surface area (Å²) in [6.07, 6.45) is 5.42. The number of hydrogen-bond acceptors (Lipinski definition) is 7. The third-order valence-electron chi connectivity index (χ3n) is 3.90. The Kier molecular flexibility index (Phi) is 6.19. The summed E-state index contributed by atoms with van der Waals surface area (Å²) >= 11 is 1.24. The summed E-state index contributed by atoms with van der Waals surface area (Å²) in [5.41, 5.74) is 1.84. The summed E-state index contributed by atoms with van der Waals surface area (Å²) in [7, 11) is -4.03. The third-order valence-corrected chi connectivity index (χ3v) is 6.33. The Bertz CT molecular complexity index is 1340. The molecule has 0 saturated heterocycles. The number of carbonyl (C=O) groups excluding carboxylic acids is 2. The fourth-order valence-electron chi connectivity index (χ4n) is 2.69.